The summed E-state index contributed by atoms with van der Waals surface area (Å²) in [5.74, 6) is -0.270. The highest BCUT2D eigenvalue weighted by Gasteiger charge is 2.08. The third-order valence-corrected chi connectivity index (χ3v) is 2.26. The predicted molar refractivity (Wildman–Crippen MR) is 59.7 cm³/mol. The second-order valence-corrected chi connectivity index (χ2v) is 3.66. The fraction of sp³-hybridized carbons (Fsp3) is 0. The van der Waals surface area contributed by atoms with E-state index in [0.717, 1.165) is 0 Å². The molecule has 2 aromatic rings. The van der Waals surface area contributed by atoms with E-state index in [4.69, 9.17) is 28.9 Å². The van der Waals surface area contributed by atoms with E-state index in [1.54, 1.807) is 0 Å². The minimum atomic E-state index is -0.515. The van der Waals surface area contributed by atoms with Crippen LogP contribution in [0.3, 0.4) is 0 Å². The van der Waals surface area contributed by atoms with Crippen LogP contribution in [0.2, 0.25) is 10.3 Å². The molecule has 4 nitrogen and oxygen atoms in total. The Hall–Kier alpha value is -1.46. The Labute approximate surface area is 100 Å². The summed E-state index contributed by atoms with van der Waals surface area (Å²) in [6, 6.07) is 4.08. The molecular weight excluding hydrogens is 254 g/mol. The van der Waals surface area contributed by atoms with E-state index in [1.807, 2.05) is 0 Å². The third-order valence-electron chi connectivity index (χ3n) is 1.80. The van der Waals surface area contributed by atoms with Crippen molar-refractivity contribution in [2.45, 2.75) is 0 Å². The molecule has 0 saturated heterocycles. The first-order valence-corrected chi connectivity index (χ1v) is 4.94. The van der Waals surface area contributed by atoms with E-state index in [9.17, 15) is 4.39 Å². The van der Waals surface area contributed by atoms with Crippen molar-refractivity contribution in [3.63, 3.8) is 0 Å². The van der Waals surface area contributed by atoms with Crippen LogP contribution < -0.4 is 5.73 Å². The molecule has 0 aliphatic carbocycles. The van der Waals surface area contributed by atoms with E-state index in [1.165, 1.54) is 18.2 Å². The maximum atomic E-state index is 12.9. The van der Waals surface area contributed by atoms with Gasteiger partial charge < -0.3 is 5.73 Å². The number of rotatable bonds is 1. The molecule has 1 aromatic heterocycles. The number of nitrogens with zero attached hydrogens (tertiary/aromatic N) is 3. The van der Waals surface area contributed by atoms with Gasteiger partial charge in [-0.1, -0.05) is 11.6 Å². The summed E-state index contributed by atoms with van der Waals surface area (Å²) in [5.41, 5.74) is 5.93. The minimum absolute atomic E-state index is 0.00422. The van der Waals surface area contributed by atoms with Gasteiger partial charge in [0.05, 0.1) is 5.02 Å². The minimum Gasteiger partial charge on any atom is -0.368 e. The van der Waals surface area contributed by atoms with Crippen molar-refractivity contribution in [1.82, 2.24) is 15.0 Å². The molecule has 1 heterocycles. The second-order valence-electron chi connectivity index (χ2n) is 2.92. The molecule has 82 valence electrons. The Morgan fingerprint density at radius 1 is 1.12 bits per heavy atom. The van der Waals surface area contributed by atoms with E-state index in [2.05, 4.69) is 15.0 Å². The molecule has 0 aliphatic heterocycles. The van der Waals surface area contributed by atoms with Crippen molar-refractivity contribution in [3.8, 4) is 11.4 Å². The Kier molecular flexibility index (Phi) is 2.89. The summed E-state index contributed by atoms with van der Waals surface area (Å²) >= 11 is 11.3. The Morgan fingerprint density at radius 3 is 2.50 bits per heavy atom. The summed E-state index contributed by atoms with van der Waals surface area (Å²) in [5, 5.41) is -0.0458. The number of hydrogen-bond donors (Lipinski definition) is 1. The van der Waals surface area contributed by atoms with Gasteiger partial charge in [0.2, 0.25) is 11.2 Å². The molecule has 2 rings (SSSR count). The lowest BCUT2D eigenvalue weighted by Crippen LogP contribution is -2.00. The Morgan fingerprint density at radius 2 is 1.88 bits per heavy atom. The highest BCUT2D eigenvalue weighted by atomic mass is 35.5. The molecule has 0 unspecified atom stereocenters. The topological polar surface area (TPSA) is 64.7 Å². The summed E-state index contributed by atoms with van der Waals surface area (Å²) in [6.07, 6.45) is 0. The van der Waals surface area contributed by atoms with Crippen molar-refractivity contribution in [2.75, 3.05) is 5.73 Å². The van der Waals surface area contributed by atoms with Gasteiger partial charge >= 0.3 is 0 Å². The summed E-state index contributed by atoms with van der Waals surface area (Å²) in [7, 11) is 0. The van der Waals surface area contributed by atoms with Gasteiger partial charge in [-0.2, -0.15) is 15.0 Å². The average Bonchev–Trinajstić information content (AvgIpc) is 2.20. The van der Waals surface area contributed by atoms with Gasteiger partial charge in [-0.25, -0.2) is 4.39 Å². The van der Waals surface area contributed by atoms with Gasteiger partial charge in [0, 0.05) is 5.56 Å². The van der Waals surface area contributed by atoms with Gasteiger partial charge in [-0.05, 0) is 29.8 Å². The zero-order chi connectivity index (χ0) is 11.7. The van der Waals surface area contributed by atoms with E-state index in [0.29, 0.717) is 5.56 Å². The summed E-state index contributed by atoms with van der Waals surface area (Å²) in [4.78, 5) is 11.3. The molecule has 0 bridgehead atoms. The molecule has 0 amide bonds. The molecule has 0 spiro atoms. The molecule has 0 aliphatic rings. The lowest BCUT2D eigenvalue weighted by molar-refractivity contribution is 0.628. The largest absolute Gasteiger partial charge is 0.368 e. The van der Waals surface area contributed by atoms with Crippen LogP contribution in [0.5, 0.6) is 0 Å². The standard InChI is InChI=1S/C9H5Cl2FN4/c10-5-3-4(1-2-6(5)12)7-14-8(11)16-9(13)15-7/h1-3H,(H2,13,14,15,16). The summed E-state index contributed by atoms with van der Waals surface area (Å²) in [6.45, 7) is 0. The van der Waals surface area contributed by atoms with E-state index < -0.39 is 5.82 Å². The molecule has 16 heavy (non-hydrogen) atoms. The molecule has 0 saturated carbocycles. The predicted octanol–water partition coefficient (Wildman–Crippen LogP) is 2.57. The van der Waals surface area contributed by atoms with Gasteiger partial charge in [-0.15, -0.1) is 0 Å². The Balaban J connectivity index is 2.54. The van der Waals surface area contributed by atoms with Crippen molar-refractivity contribution < 1.29 is 4.39 Å². The zero-order valence-corrected chi connectivity index (χ0v) is 9.30. The fourth-order valence-electron chi connectivity index (χ4n) is 1.13. The summed E-state index contributed by atoms with van der Waals surface area (Å²) < 4.78 is 12.9. The number of halogens is 3. The second kappa shape index (κ2) is 4.19. The van der Waals surface area contributed by atoms with Gasteiger partial charge in [0.15, 0.2) is 5.82 Å². The molecule has 1 aromatic carbocycles. The number of benzene rings is 1. The molecule has 2 N–H and O–H groups in total. The lowest BCUT2D eigenvalue weighted by atomic mass is 10.2. The first-order chi connectivity index (χ1) is 7.56. The number of hydrogen-bond acceptors (Lipinski definition) is 4. The van der Waals surface area contributed by atoms with Crippen LogP contribution in [0.4, 0.5) is 10.3 Å². The fourth-order valence-corrected chi connectivity index (χ4v) is 1.48. The Bertz CT molecular complexity index is 527. The van der Waals surface area contributed by atoms with Crippen LogP contribution in [0.25, 0.3) is 11.4 Å². The average molecular weight is 259 g/mol. The highest BCUT2D eigenvalue weighted by Crippen LogP contribution is 2.23. The van der Waals surface area contributed by atoms with Crippen LogP contribution in [0.15, 0.2) is 18.2 Å². The van der Waals surface area contributed by atoms with Crippen LogP contribution in [-0.4, -0.2) is 15.0 Å². The third kappa shape index (κ3) is 2.20. The van der Waals surface area contributed by atoms with Crippen LogP contribution in [0.1, 0.15) is 0 Å². The number of anilines is 1. The van der Waals surface area contributed by atoms with Crippen molar-refractivity contribution >= 4 is 29.2 Å². The quantitative estimate of drug-likeness (QED) is 0.854. The maximum Gasteiger partial charge on any atom is 0.227 e. The zero-order valence-electron chi connectivity index (χ0n) is 7.78. The van der Waals surface area contributed by atoms with Crippen molar-refractivity contribution in [3.05, 3.63) is 34.3 Å². The van der Waals surface area contributed by atoms with Crippen LogP contribution in [-0.2, 0) is 0 Å². The van der Waals surface area contributed by atoms with Gasteiger partial charge in [-0.3, -0.25) is 0 Å². The van der Waals surface area contributed by atoms with E-state index >= 15 is 0 Å². The van der Waals surface area contributed by atoms with E-state index in [-0.39, 0.29) is 22.1 Å². The number of nitrogens with two attached hydrogens (primary N) is 1. The smallest absolute Gasteiger partial charge is 0.227 e. The SMILES string of the molecule is Nc1nc(Cl)nc(-c2ccc(F)c(Cl)c2)n1. The number of aromatic nitrogens is 3. The molecule has 0 fully saturated rings. The molecular formula is C9H5Cl2FN4. The molecule has 7 heteroatoms. The maximum absolute atomic E-state index is 12.9. The van der Waals surface area contributed by atoms with Gasteiger partial charge in [0.1, 0.15) is 5.82 Å². The van der Waals surface area contributed by atoms with Crippen LogP contribution in [0, 0.1) is 5.82 Å². The van der Waals surface area contributed by atoms with Gasteiger partial charge in [0.25, 0.3) is 0 Å². The monoisotopic (exact) mass is 258 g/mol. The normalized spacial score (nSPS) is 10.4. The first-order valence-electron chi connectivity index (χ1n) is 4.19. The van der Waals surface area contributed by atoms with Crippen molar-refractivity contribution in [1.29, 1.82) is 0 Å². The van der Waals surface area contributed by atoms with Crippen LogP contribution >= 0.6 is 23.2 Å². The molecule has 0 radical (unpaired) electrons. The molecule has 0 atom stereocenters. The first kappa shape index (κ1) is 11.0. The number of nitrogen functional groups attached to an aromatic ring is 1. The lowest BCUT2D eigenvalue weighted by Gasteiger charge is -2.02. The highest BCUT2D eigenvalue weighted by molar-refractivity contribution is 6.31. The van der Waals surface area contributed by atoms with Crippen molar-refractivity contribution in [2.24, 2.45) is 0 Å².